The third-order valence-electron chi connectivity index (χ3n) is 2.24. The van der Waals surface area contributed by atoms with Crippen LogP contribution in [0.1, 0.15) is 5.69 Å². The number of methoxy groups -OCH3 is 1. The third kappa shape index (κ3) is 4.11. The number of hydrogen-bond acceptors (Lipinski definition) is 6. The van der Waals surface area contributed by atoms with Gasteiger partial charge in [0, 0.05) is 32.4 Å². The maximum absolute atomic E-state index is 11.5. The number of nitrogens with one attached hydrogen (secondary N) is 1. The van der Waals surface area contributed by atoms with Crippen molar-refractivity contribution in [1.29, 1.82) is 0 Å². The molecule has 1 N–H and O–H groups in total. The number of aromatic nitrogens is 2. The largest absolute Gasteiger partial charge is 0.481 e. The highest BCUT2D eigenvalue weighted by Gasteiger charge is 2.13. The fourth-order valence-electron chi connectivity index (χ4n) is 1.20. The average Bonchev–Trinajstić information content (AvgIpc) is 2.27. The maximum Gasteiger partial charge on any atom is 0.226 e. The molecule has 0 fully saturated rings. The van der Waals surface area contributed by atoms with Crippen molar-refractivity contribution in [2.45, 2.75) is 6.92 Å². The smallest absolute Gasteiger partial charge is 0.226 e. The van der Waals surface area contributed by atoms with E-state index in [4.69, 9.17) is 4.74 Å². The number of ether oxygens (including phenoxy) is 1. The maximum atomic E-state index is 11.5. The van der Waals surface area contributed by atoms with Crippen LogP contribution in [0.15, 0.2) is 6.07 Å². The summed E-state index contributed by atoms with van der Waals surface area (Å²) in [5.74, 6) is 0.792. The van der Waals surface area contributed by atoms with Crippen LogP contribution in [0, 0.1) is 6.92 Å². The summed E-state index contributed by atoms with van der Waals surface area (Å²) in [4.78, 5) is 8.20. The lowest BCUT2D eigenvalue weighted by molar-refractivity contribution is 0.397. The highest BCUT2D eigenvalue weighted by atomic mass is 32.2. The first-order chi connectivity index (χ1) is 8.35. The topological polar surface area (TPSA) is 84.4 Å². The van der Waals surface area contributed by atoms with Crippen molar-refractivity contribution >= 4 is 16.0 Å². The molecular weight excluding hydrogens is 256 g/mol. The molecule has 0 aromatic carbocycles. The van der Waals surface area contributed by atoms with E-state index in [1.807, 2.05) is 6.92 Å². The van der Waals surface area contributed by atoms with E-state index in [2.05, 4.69) is 15.3 Å². The van der Waals surface area contributed by atoms with Gasteiger partial charge in [0.25, 0.3) is 0 Å². The molecule has 0 atom stereocenters. The van der Waals surface area contributed by atoms with Gasteiger partial charge in [0.2, 0.25) is 21.9 Å². The van der Waals surface area contributed by atoms with Crippen LogP contribution < -0.4 is 10.1 Å². The van der Waals surface area contributed by atoms with E-state index in [-0.39, 0.29) is 12.3 Å². The normalized spacial score (nSPS) is 11.6. The summed E-state index contributed by atoms with van der Waals surface area (Å²) in [6, 6.07) is 1.70. The fraction of sp³-hybridized carbons (Fsp3) is 0.600. The summed E-state index contributed by atoms with van der Waals surface area (Å²) in [5, 5.41) is 2.86. The summed E-state index contributed by atoms with van der Waals surface area (Å²) in [5.41, 5.74) is 0.750. The highest BCUT2D eigenvalue weighted by Crippen LogP contribution is 2.10. The van der Waals surface area contributed by atoms with Crippen LogP contribution in [-0.2, 0) is 10.0 Å². The van der Waals surface area contributed by atoms with Gasteiger partial charge in [-0.15, -0.1) is 0 Å². The molecule has 0 unspecified atom stereocenters. The van der Waals surface area contributed by atoms with E-state index < -0.39 is 10.0 Å². The second kappa shape index (κ2) is 5.96. The quantitative estimate of drug-likeness (QED) is 0.792. The molecule has 0 aliphatic rings. The summed E-state index contributed by atoms with van der Waals surface area (Å²) in [6.45, 7) is 2.05. The molecule has 0 aliphatic carbocycles. The number of sulfonamides is 1. The lowest BCUT2D eigenvalue weighted by Gasteiger charge is -2.12. The molecule has 0 amide bonds. The molecule has 1 aromatic heterocycles. The van der Waals surface area contributed by atoms with E-state index in [0.29, 0.717) is 11.8 Å². The Bertz CT molecular complexity index is 502. The molecule has 0 bridgehead atoms. The molecule has 18 heavy (non-hydrogen) atoms. The minimum atomic E-state index is -3.21. The third-order valence-corrected chi connectivity index (χ3v) is 4.07. The van der Waals surface area contributed by atoms with Crippen molar-refractivity contribution < 1.29 is 13.2 Å². The minimum absolute atomic E-state index is 0.0143. The van der Waals surface area contributed by atoms with Crippen molar-refractivity contribution in [1.82, 2.24) is 14.3 Å². The first-order valence-corrected chi connectivity index (χ1v) is 7.00. The molecular formula is C10H18N4O3S. The Morgan fingerprint density at radius 2 is 2.06 bits per heavy atom. The van der Waals surface area contributed by atoms with E-state index >= 15 is 0 Å². The van der Waals surface area contributed by atoms with Crippen LogP contribution in [-0.4, -0.2) is 56.2 Å². The van der Waals surface area contributed by atoms with Crippen LogP contribution in [0.5, 0.6) is 5.88 Å². The Labute approximate surface area is 107 Å². The van der Waals surface area contributed by atoms with Crippen molar-refractivity contribution in [2.24, 2.45) is 0 Å². The summed E-state index contributed by atoms with van der Waals surface area (Å²) >= 11 is 0. The van der Waals surface area contributed by atoms with Gasteiger partial charge < -0.3 is 10.1 Å². The molecule has 1 rings (SSSR count). The van der Waals surface area contributed by atoms with Crippen LogP contribution in [0.4, 0.5) is 5.95 Å². The van der Waals surface area contributed by atoms with Gasteiger partial charge in [-0.3, -0.25) is 0 Å². The van der Waals surface area contributed by atoms with Crippen molar-refractivity contribution in [3.05, 3.63) is 11.8 Å². The molecule has 102 valence electrons. The summed E-state index contributed by atoms with van der Waals surface area (Å²) in [6.07, 6.45) is 0. The zero-order valence-corrected chi connectivity index (χ0v) is 11.8. The lowest BCUT2D eigenvalue weighted by Crippen LogP contribution is -2.28. The standard InChI is InChI=1S/C10H18N4O3S/c1-8-7-9(17-4)13-10(12-8)11-5-6-18(15,16)14(2)3/h7H,5-6H2,1-4H3,(H,11,12,13). The molecule has 0 saturated carbocycles. The number of aryl methyl sites for hydroxylation is 1. The van der Waals surface area contributed by atoms with Crippen LogP contribution in [0.3, 0.4) is 0 Å². The molecule has 1 aromatic rings. The van der Waals surface area contributed by atoms with E-state index in [1.165, 1.54) is 25.5 Å². The molecule has 0 aliphatic heterocycles. The molecule has 0 radical (unpaired) electrons. The van der Waals surface area contributed by atoms with E-state index in [1.54, 1.807) is 6.07 Å². The van der Waals surface area contributed by atoms with Gasteiger partial charge in [-0.25, -0.2) is 17.7 Å². The molecule has 1 heterocycles. The predicted molar refractivity (Wildman–Crippen MR) is 69.3 cm³/mol. The van der Waals surface area contributed by atoms with Gasteiger partial charge in [0.15, 0.2) is 0 Å². The van der Waals surface area contributed by atoms with Gasteiger partial charge in [-0.2, -0.15) is 4.98 Å². The number of rotatable bonds is 6. The molecule has 8 heteroatoms. The molecule has 7 nitrogen and oxygen atoms in total. The first kappa shape index (κ1) is 14.7. The molecule has 0 spiro atoms. The van der Waals surface area contributed by atoms with Gasteiger partial charge in [0.05, 0.1) is 12.9 Å². The van der Waals surface area contributed by atoms with Gasteiger partial charge in [-0.1, -0.05) is 0 Å². The Morgan fingerprint density at radius 3 is 2.61 bits per heavy atom. The van der Waals surface area contributed by atoms with Crippen LogP contribution in [0.2, 0.25) is 0 Å². The number of nitrogens with zero attached hydrogens (tertiary/aromatic N) is 3. The Morgan fingerprint density at radius 1 is 1.39 bits per heavy atom. The monoisotopic (exact) mass is 274 g/mol. The Balaban J connectivity index is 2.62. The first-order valence-electron chi connectivity index (χ1n) is 5.39. The zero-order chi connectivity index (χ0) is 13.8. The van der Waals surface area contributed by atoms with Gasteiger partial charge in [0.1, 0.15) is 0 Å². The van der Waals surface area contributed by atoms with Crippen LogP contribution >= 0.6 is 0 Å². The second-order valence-corrected chi connectivity index (χ2v) is 6.20. The Kier molecular flexibility index (Phi) is 4.85. The van der Waals surface area contributed by atoms with Gasteiger partial charge >= 0.3 is 0 Å². The van der Waals surface area contributed by atoms with Crippen molar-refractivity contribution in [2.75, 3.05) is 38.8 Å². The van der Waals surface area contributed by atoms with Crippen LogP contribution in [0.25, 0.3) is 0 Å². The minimum Gasteiger partial charge on any atom is -0.481 e. The SMILES string of the molecule is COc1cc(C)nc(NCCS(=O)(=O)N(C)C)n1. The highest BCUT2D eigenvalue weighted by molar-refractivity contribution is 7.89. The summed E-state index contributed by atoms with van der Waals surface area (Å²) < 4.78 is 29.3. The fourth-order valence-corrected chi connectivity index (χ4v) is 1.92. The second-order valence-electron chi connectivity index (χ2n) is 3.90. The predicted octanol–water partition coefficient (Wildman–Crippen LogP) is 0.0969. The number of anilines is 1. The van der Waals surface area contributed by atoms with Gasteiger partial charge in [-0.05, 0) is 6.92 Å². The van der Waals surface area contributed by atoms with E-state index in [0.717, 1.165) is 5.69 Å². The average molecular weight is 274 g/mol. The number of hydrogen-bond donors (Lipinski definition) is 1. The van der Waals surface area contributed by atoms with Crippen molar-refractivity contribution in [3.8, 4) is 5.88 Å². The summed E-state index contributed by atoms with van der Waals surface area (Å²) in [7, 11) is 1.31. The Hall–Kier alpha value is -1.41. The lowest BCUT2D eigenvalue weighted by atomic mass is 10.4. The molecule has 0 saturated heterocycles. The zero-order valence-electron chi connectivity index (χ0n) is 11.0. The van der Waals surface area contributed by atoms with E-state index in [9.17, 15) is 8.42 Å². The van der Waals surface area contributed by atoms with Crippen molar-refractivity contribution in [3.63, 3.8) is 0 Å².